The van der Waals surface area contributed by atoms with Gasteiger partial charge in [0.2, 0.25) is 0 Å². The number of nitrogens with zero attached hydrogens (tertiary/aromatic N) is 1. The quantitative estimate of drug-likeness (QED) is 0.497. The Bertz CT molecular complexity index is 217. The molecule has 94 valence electrons. The first-order valence-corrected chi connectivity index (χ1v) is 6.25. The van der Waals surface area contributed by atoms with Crippen LogP contribution in [0.3, 0.4) is 0 Å². The molecule has 0 aromatic heterocycles. The summed E-state index contributed by atoms with van der Waals surface area (Å²) in [4.78, 5) is 13.5. The molecule has 0 bridgehead atoms. The molecule has 1 unspecified atom stereocenters. The van der Waals surface area contributed by atoms with Gasteiger partial charge < -0.3 is 10.5 Å². The van der Waals surface area contributed by atoms with E-state index in [2.05, 4.69) is 6.92 Å². The number of hydrogen-bond donors (Lipinski definition) is 1. The van der Waals surface area contributed by atoms with Crippen molar-refractivity contribution in [1.82, 2.24) is 4.90 Å². The minimum atomic E-state index is -0.130. The Kier molecular flexibility index (Phi) is 5.77. The highest BCUT2D eigenvalue weighted by atomic mass is 16.5. The fraction of sp³-hybridized carbons (Fsp3) is 0.917. The number of carbonyl (C=O) groups is 1. The molecule has 0 spiro atoms. The molecule has 2 N–H and O–H groups in total. The van der Waals surface area contributed by atoms with E-state index in [1.54, 1.807) is 0 Å². The summed E-state index contributed by atoms with van der Waals surface area (Å²) in [5, 5.41) is 0. The summed E-state index contributed by atoms with van der Waals surface area (Å²) in [5.41, 5.74) is 5.72. The zero-order valence-corrected chi connectivity index (χ0v) is 10.4. The maximum atomic E-state index is 11.5. The molecule has 1 saturated carbocycles. The third kappa shape index (κ3) is 4.49. The van der Waals surface area contributed by atoms with E-state index in [4.69, 9.17) is 10.5 Å². The van der Waals surface area contributed by atoms with Crippen LogP contribution in [0.25, 0.3) is 0 Å². The van der Waals surface area contributed by atoms with Crippen LogP contribution in [0.1, 0.15) is 32.6 Å². The molecule has 0 amide bonds. The van der Waals surface area contributed by atoms with Crippen molar-refractivity contribution >= 4 is 5.97 Å². The number of unbranched alkanes of at least 4 members (excludes halogenated alkanes) is 1. The van der Waals surface area contributed by atoms with Crippen LogP contribution in [0.4, 0.5) is 0 Å². The van der Waals surface area contributed by atoms with Gasteiger partial charge in [-0.3, -0.25) is 9.69 Å². The Morgan fingerprint density at radius 3 is 2.75 bits per heavy atom. The molecule has 1 atom stereocenters. The molecule has 1 rings (SSSR count). The van der Waals surface area contributed by atoms with Crippen molar-refractivity contribution in [2.24, 2.45) is 11.7 Å². The lowest BCUT2D eigenvalue weighted by molar-refractivity contribution is -0.145. The maximum Gasteiger partial charge on any atom is 0.320 e. The number of ether oxygens (including phenoxy) is 1. The summed E-state index contributed by atoms with van der Waals surface area (Å²) in [6, 6.07) is 0.346. The van der Waals surface area contributed by atoms with Gasteiger partial charge in [0.15, 0.2) is 0 Å². The highest BCUT2D eigenvalue weighted by molar-refractivity contribution is 5.71. The summed E-state index contributed by atoms with van der Waals surface area (Å²) in [6.07, 6.45) is 4.49. The van der Waals surface area contributed by atoms with Crippen molar-refractivity contribution in [3.8, 4) is 0 Å². The number of carbonyl (C=O) groups excluding carboxylic acids is 1. The van der Waals surface area contributed by atoms with E-state index in [0.717, 1.165) is 12.8 Å². The van der Waals surface area contributed by atoms with Gasteiger partial charge in [-0.15, -0.1) is 0 Å². The predicted octanol–water partition coefficient (Wildman–Crippen LogP) is 0.999. The van der Waals surface area contributed by atoms with Crippen molar-refractivity contribution in [2.45, 2.75) is 38.6 Å². The minimum Gasteiger partial charge on any atom is -0.465 e. The highest BCUT2D eigenvalue weighted by Crippen LogP contribution is 2.34. The standard InChI is InChI=1S/C12H24N2O2/c1-3-4-7-16-12(15)9-14(2)11(8-13)10-5-6-10/h10-11H,3-9,13H2,1-2H3. The lowest BCUT2D eigenvalue weighted by Gasteiger charge is -2.25. The first-order chi connectivity index (χ1) is 7.69. The molecule has 0 aromatic carbocycles. The normalized spacial score (nSPS) is 17.5. The third-order valence-corrected chi connectivity index (χ3v) is 3.11. The smallest absolute Gasteiger partial charge is 0.320 e. The molecular formula is C12H24N2O2. The maximum absolute atomic E-state index is 11.5. The molecule has 16 heavy (non-hydrogen) atoms. The van der Waals surface area contributed by atoms with Crippen molar-refractivity contribution < 1.29 is 9.53 Å². The first-order valence-electron chi connectivity index (χ1n) is 6.25. The number of esters is 1. The molecule has 0 radical (unpaired) electrons. The van der Waals surface area contributed by atoms with Crippen molar-refractivity contribution in [3.63, 3.8) is 0 Å². The summed E-state index contributed by atoms with van der Waals surface area (Å²) in [7, 11) is 1.96. The zero-order chi connectivity index (χ0) is 12.0. The highest BCUT2D eigenvalue weighted by Gasteiger charge is 2.33. The van der Waals surface area contributed by atoms with Crippen LogP contribution in [-0.2, 0) is 9.53 Å². The van der Waals surface area contributed by atoms with Crippen LogP contribution < -0.4 is 5.73 Å². The Morgan fingerprint density at radius 2 is 2.25 bits per heavy atom. The second-order valence-electron chi connectivity index (χ2n) is 4.63. The molecular weight excluding hydrogens is 204 g/mol. The summed E-state index contributed by atoms with van der Waals surface area (Å²) in [6.45, 7) is 3.61. The van der Waals surface area contributed by atoms with Gasteiger partial charge in [-0.2, -0.15) is 0 Å². The topological polar surface area (TPSA) is 55.6 Å². The largest absolute Gasteiger partial charge is 0.465 e. The van der Waals surface area contributed by atoms with Gasteiger partial charge in [-0.05, 0) is 32.2 Å². The van der Waals surface area contributed by atoms with Crippen molar-refractivity contribution in [2.75, 3.05) is 26.7 Å². The summed E-state index contributed by atoms with van der Waals surface area (Å²) in [5.74, 6) is 0.563. The van der Waals surface area contributed by atoms with Gasteiger partial charge >= 0.3 is 5.97 Å². The zero-order valence-electron chi connectivity index (χ0n) is 10.4. The third-order valence-electron chi connectivity index (χ3n) is 3.11. The number of hydrogen-bond acceptors (Lipinski definition) is 4. The minimum absolute atomic E-state index is 0.130. The average Bonchev–Trinajstić information content (AvgIpc) is 3.03. The monoisotopic (exact) mass is 228 g/mol. The van der Waals surface area contributed by atoms with Crippen LogP contribution in [0.15, 0.2) is 0 Å². The average molecular weight is 228 g/mol. The molecule has 1 aliphatic carbocycles. The Hall–Kier alpha value is -0.610. The van der Waals surface area contributed by atoms with Crippen LogP contribution >= 0.6 is 0 Å². The molecule has 1 aliphatic rings. The molecule has 1 fully saturated rings. The fourth-order valence-corrected chi connectivity index (χ4v) is 1.91. The molecule has 4 heteroatoms. The van der Waals surface area contributed by atoms with Crippen molar-refractivity contribution in [1.29, 1.82) is 0 Å². The molecule has 0 heterocycles. The van der Waals surface area contributed by atoms with Crippen LogP contribution in [0, 0.1) is 5.92 Å². The lowest BCUT2D eigenvalue weighted by Crippen LogP contribution is -2.42. The Morgan fingerprint density at radius 1 is 1.56 bits per heavy atom. The second-order valence-corrected chi connectivity index (χ2v) is 4.63. The SMILES string of the molecule is CCCCOC(=O)CN(C)C(CN)C1CC1. The van der Waals surface area contributed by atoms with Gasteiger partial charge in [0.25, 0.3) is 0 Å². The van der Waals surface area contributed by atoms with Crippen molar-refractivity contribution in [3.05, 3.63) is 0 Å². The van der Waals surface area contributed by atoms with Gasteiger partial charge in [-0.1, -0.05) is 13.3 Å². The number of likely N-dealkylation sites (N-methyl/N-ethyl adjacent to an activating group) is 1. The first kappa shape index (κ1) is 13.5. The van der Waals surface area contributed by atoms with Gasteiger partial charge in [0.05, 0.1) is 13.2 Å². The number of nitrogens with two attached hydrogens (primary N) is 1. The Labute approximate surface area is 98.1 Å². The fourth-order valence-electron chi connectivity index (χ4n) is 1.91. The summed E-state index contributed by atoms with van der Waals surface area (Å²) < 4.78 is 5.13. The van der Waals surface area contributed by atoms with E-state index in [1.165, 1.54) is 12.8 Å². The molecule has 0 aliphatic heterocycles. The van der Waals surface area contributed by atoms with E-state index < -0.39 is 0 Å². The lowest BCUT2D eigenvalue weighted by atomic mass is 10.1. The molecule has 4 nitrogen and oxygen atoms in total. The van der Waals surface area contributed by atoms with E-state index in [1.807, 2.05) is 11.9 Å². The number of rotatable bonds is 8. The van der Waals surface area contributed by atoms with E-state index in [0.29, 0.717) is 31.7 Å². The van der Waals surface area contributed by atoms with E-state index in [-0.39, 0.29) is 5.97 Å². The second kappa shape index (κ2) is 6.86. The van der Waals surface area contributed by atoms with Gasteiger partial charge in [0, 0.05) is 12.6 Å². The van der Waals surface area contributed by atoms with Crippen LogP contribution in [0.5, 0.6) is 0 Å². The summed E-state index contributed by atoms with van der Waals surface area (Å²) >= 11 is 0. The van der Waals surface area contributed by atoms with Crippen LogP contribution in [-0.4, -0.2) is 43.7 Å². The molecule has 0 saturated heterocycles. The molecule has 0 aromatic rings. The van der Waals surface area contributed by atoms with E-state index in [9.17, 15) is 4.79 Å². The predicted molar refractivity (Wildman–Crippen MR) is 64.1 cm³/mol. The van der Waals surface area contributed by atoms with Gasteiger partial charge in [0.1, 0.15) is 0 Å². The van der Waals surface area contributed by atoms with Crippen LogP contribution in [0.2, 0.25) is 0 Å². The van der Waals surface area contributed by atoms with Gasteiger partial charge in [-0.25, -0.2) is 0 Å². The Balaban J connectivity index is 2.20. The van der Waals surface area contributed by atoms with E-state index >= 15 is 0 Å².